The van der Waals surface area contributed by atoms with Crippen LogP contribution >= 0.6 is 0 Å². The maximum atomic E-state index is 12.7. The van der Waals surface area contributed by atoms with Crippen LogP contribution in [0.3, 0.4) is 0 Å². The number of pyridine rings is 2. The third kappa shape index (κ3) is 5.25. The molecule has 2 aliphatic heterocycles. The first-order valence-electron chi connectivity index (χ1n) is 14.3. The van der Waals surface area contributed by atoms with E-state index in [1.54, 1.807) is 6.20 Å². The van der Waals surface area contributed by atoms with Crippen LogP contribution in [0.2, 0.25) is 0 Å². The van der Waals surface area contributed by atoms with Crippen LogP contribution in [0.4, 0.5) is 11.4 Å². The molecule has 2 fully saturated rings. The van der Waals surface area contributed by atoms with Gasteiger partial charge in [-0.25, -0.2) is 9.97 Å². The second-order valence-electron chi connectivity index (χ2n) is 11.1. The van der Waals surface area contributed by atoms with Gasteiger partial charge in [-0.1, -0.05) is 6.07 Å². The Morgan fingerprint density at radius 1 is 1.05 bits per heavy atom. The Hall–Kier alpha value is -4.35. The SMILES string of the molecule is CN1CCN(c2ccnc3nc(-c4n[nH]c5ccc(-c6cncc(NC(=O)CC7CCNCC7)c6)cc45)[nH]c23)CC1. The van der Waals surface area contributed by atoms with Gasteiger partial charge >= 0.3 is 0 Å². The highest BCUT2D eigenvalue weighted by Crippen LogP contribution is 2.32. The number of likely N-dealkylation sites (N-methyl/N-ethyl adjacent to an activating group) is 1. The van der Waals surface area contributed by atoms with Gasteiger partial charge in [0.05, 0.1) is 23.1 Å². The zero-order chi connectivity index (χ0) is 27.8. The maximum Gasteiger partial charge on any atom is 0.224 e. The van der Waals surface area contributed by atoms with E-state index >= 15 is 0 Å². The Balaban J connectivity index is 1.16. The largest absolute Gasteiger partial charge is 0.367 e. The van der Waals surface area contributed by atoms with Crippen LogP contribution in [0.15, 0.2) is 48.9 Å². The lowest BCUT2D eigenvalue weighted by Gasteiger charge is -2.34. The summed E-state index contributed by atoms with van der Waals surface area (Å²) in [5.41, 5.74) is 6.98. The summed E-state index contributed by atoms with van der Waals surface area (Å²) >= 11 is 0. The molecular formula is C30H34N10O. The fourth-order valence-electron chi connectivity index (χ4n) is 5.92. The van der Waals surface area contributed by atoms with Gasteiger partial charge in [-0.3, -0.25) is 14.9 Å². The van der Waals surface area contributed by atoms with Crippen molar-refractivity contribution >= 4 is 39.3 Å². The zero-order valence-corrected chi connectivity index (χ0v) is 23.2. The minimum atomic E-state index is 0.0397. The summed E-state index contributed by atoms with van der Waals surface area (Å²) in [5.74, 6) is 1.15. The molecule has 0 saturated carbocycles. The molecule has 5 aromatic rings. The minimum Gasteiger partial charge on any atom is -0.367 e. The number of carbonyl (C=O) groups is 1. The molecule has 11 heteroatoms. The highest BCUT2D eigenvalue weighted by Gasteiger charge is 2.21. The van der Waals surface area contributed by atoms with Gasteiger partial charge in [-0.2, -0.15) is 5.10 Å². The molecule has 0 spiro atoms. The first kappa shape index (κ1) is 25.6. The van der Waals surface area contributed by atoms with Crippen molar-refractivity contribution < 1.29 is 4.79 Å². The van der Waals surface area contributed by atoms with Crippen LogP contribution in [0.1, 0.15) is 19.3 Å². The van der Waals surface area contributed by atoms with Crippen molar-refractivity contribution in [2.24, 2.45) is 5.92 Å². The third-order valence-electron chi connectivity index (χ3n) is 8.29. The van der Waals surface area contributed by atoms with Crippen molar-refractivity contribution in [2.75, 3.05) is 56.5 Å². The third-order valence-corrected chi connectivity index (χ3v) is 8.29. The number of benzene rings is 1. The van der Waals surface area contributed by atoms with Crippen LogP contribution < -0.4 is 15.5 Å². The number of rotatable bonds is 6. The number of hydrogen-bond acceptors (Lipinski definition) is 8. The maximum absolute atomic E-state index is 12.7. The number of nitrogens with one attached hydrogen (secondary N) is 4. The molecule has 210 valence electrons. The number of hydrogen-bond donors (Lipinski definition) is 4. The van der Waals surface area contributed by atoms with Gasteiger partial charge in [-0.15, -0.1) is 0 Å². The van der Waals surface area contributed by atoms with Crippen LogP contribution in [0.25, 0.3) is 44.7 Å². The van der Waals surface area contributed by atoms with Gasteiger partial charge < -0.3 is 25.4 Å². The van der Waals surface area contributed by atoms with Crippen molar-refractivity contribution in [1.82, 2.24) is 40.3 Å². The predicted octanol–water partition coefficient (Wildman–Crippen LogP) is 3.64. The molecule has 41 heavy (non-hydrogen) atoms. The molecule has 11 nitrogen and oxygen atoms in total. The van der Waals surface area contributed by atoms with Gasteiger partial charge in [0, 0.05) is 55.9 Å². The zero-order valence-electron chi connectivity index (χ0n) is 23.2. The Morgan fingerprint density at radius 2 is 1.90 bits per heavy atom. The van der Waals surface area contributed by atoms with Crippen LogP contribution in [0, 0.1) is 5.92 Å². The number of anilines is 2. The lowest BCUT2D eigenvalue weighted by Crippen LogP contribution is -2.44. The van der Waals surface area contributed by atoms with E-state index in [-0.39, 0.29) is 5.91 Å². The Labute approximate surface area is 237 Å². The Morgan fingerprint density at radius 3 is 2.76 bits per heavy atom. The van der Waals surface area contributed by atoms with Gasteiger partial charge in [0.25, 0.3) is 0 Å². The molecule has 0 radical (unpaired) electrons. The second-order valence-corrected chi connectivity index (χ2v) is 11.1. The van der Waals surface area contributed by atoms with Gasteiger partial charge in [0.15, 0.2) is 11.5 Å². The lowest BCUT2D eigenvalue weighted by molar-refractivity contribution is -0.117. The molecule has 0 bridgehead atoms. The van der Waals surface area contributed by atoms with E-state index in [4.69, 9.17) is 4.98 Å². The Bertz CT molecular complexity index is 1690. The number of H-pyrrole nitrogens is 2. The lowest BCUT2D eigenvalue weighted by atomic mass is 9.94. The second kappa shape index (κ2) is 10.9. The summed E-state index contributed by atoms with van der Waals surface area (Å²) < 4.78 is 0. The Kier molecular flexibility index (Phi) is 6.81. The summed E-state index contributed by atoms with van der Waals surface area (Å²) in [5, 5.41) is 15.1. The number of aromatic nitrogens is 6. The smallest absolute Gasteiger partial charge is 0.224 e. The summed E-state index contributed by atoms with van der Waals surface area (Å²) in [4.78, 5) is 34.7. The van der Waals surface area contributed by atoms with Crippen LogP contribution in [-0.4, -0.2) is 87.3 Å². The van der Waals surface area contributed by atoms with E-state index in [2.05, 4.69) is 64.8 Å². The van der Waals surface area contributed by atoms with E-state index in [1.165, 1.54) is 0 Å². The number of imidazole rings is 1. The number of piperazine rings is 1. The van der Waals surface area contributed by atoms with Crippen molar-refractivity contribution in [2.45, 2.75) is 19.3 Å². The minimum absolute atomic E-state index is 0.0397. The monoisotopic (exact) mass is 550 g/mol. The van der Waals surface area contributed by atoms with Crippen LogP contribution in [-0.2, 0) is 4.79 Å². The molecule has 1 amide bonds. The van der Waals surface area contributed by atoms with Crippen molar-refractivity contribution in [3.8, 4) is 22.6 Å². The number of fused-ring (bicyclic) bond motifs is 2. The molecule has 4 aromatic heterocycles. The van der Waals surface area contributed by atoms with E-state index in [0.29, 0.717) is 29.5 Å². The fraction of sp³-hybridized carbons (Fsp3) is 0.367. The van der Waals surface area contributed by atoms with Gasteiger partial charge in [0.1, 0.15) is 11.2 Å². The number of nitrogens with zero attached hydrogens (tertiary/aromatic N) is 6. The molecule has 2 saturated heterocycles. The molecule has 0 atom stereocenters. The molecular weight excluding hydrogens is 516 g/mol. The van der Waals surface area contributed by atoms with E-state index in [9.17, 15) is 4.79 Å². The fourth-order valence-corrected chi connectivity index (χ4v) is 5.92. The average molecular weight is 551 g/mol. The first-order valence-corrected chi connectivity index (χ1v) is 14.3. The van der Waals surface area contributed by atoms with E-state index in [1.807, 2.05) is 30.6 Å². The average Bonchev–Trinajstić information content (AvgIpc) is 3.62. The summed E-state index contributed by atoms with van der Waals surface area (Å²) in [6, 6.07) is 10.2. The predicted molar refractivity (Wildman–Crippen MR) is 161 cm³/mol. The number of aromatic amines is 2. The molecule has 4 N–H and O–H groups in total. The van der Waals surface area contributed by atoms with Crippen molar-refractivity contribution in [1.29, 1.82) is 0 Å². The standard InChI is InChI=1S/C30H34N10O/c1-39-10-12-40(13-11-39)25-6-9-33-29-28(25)35-30(36-29)27-23-16-20(2-3-24(23)37-38-27)21-15-22(18-32-17-21)34-26(41)14-19-4-7-31-8-5-19/h2-3,6,9,15-19,31H,4-5,7-8,10-14H2,1H3,(H,34,41)(H,37,38)(H,33,35,36). The highest BCUT2D eigenvalue weighted by atomic mass is 16.1. The highest BCUT2D eigenvalue weighted by molar-refractivity contribution is 5.97. The number of piperidine rings is 1. The molecule has 1 aromatic carbocycles. The summed E-state index contributed by atoms with van der Waals surface area (Å²) in [6.07, 6.45) is 7.96. The van der Waals surface area contributed by atoms with Gasteiger partial charge in [-0.05, 0) is 68.7 Å². The van der Waals surface area contributed by atoms with Crippen LogP contribution in [0.5, 0.6) is 0 Å². The van der Waals surface area contributed by atoms with Gasteiger partial charge in [0.2, 0.25) is 5.91 Å². The first-order chi connectivity index (χ1) is 20.1. The normalized spacial score (nSPS) is 17.0. The van der Waals surface area contributed by atoms with E-state index in [0.717, 1.165) is 91.0 Å². The van der Waals surface area contributed by atoms with Crippen molar-refractivity contribution in [3.63, 3.8) is 0 Å². The molecule has 6 heterocycles. The topological polar surface area (TPSA) is 131 Å². The quantitative estimate of drug-likeness (QED) is 0.252. The molecule has 7 rings (SSSR count). The van der Waals surface area contributed by atoms with E-state index < -0.39 is 0 Å². The number of amides is 1. The molecule has 0 aliphatic carbocycles. The summed E-state index contributed by atoms with van der Waals surface area (Å²) in [7, 11) is 2.16. The molecule has 0 unspecified atom stereocenters. The number of carbonyl (C=O) groups excluding carboxylic acids is 1. The van der Waals surface area contributed by atoms with Crippen molar-refractivity contribution in [3.05, 3.63) is 48.9 Å². The summed E-state index contributed by atoms with van der Waals surface area (Å²) in [6.45, 7) is 5.94. The molecule has 2 aliphatic rings.